The topological polar surface area (TPSA) is 38.5 Å². The molecule has 0 spiro atoms. The molecule has 3 nitrogen and oxygen atoms in total. The van der Waals surface area contributed by atoms with Crippen LogP contribution in [0.15, 0.2) is 22.7 Å². The summed E-state index contributed by atoms with van der Waals surface area (Å²) in [6.07, 6.45) is 2.69. The van der Waals surface area contributed by atoms with Crippen LogP contribution in [0.3, 0.4) is 0 Å². The van der Waals surface area contributed by atoms with Gasteiger partial charge in [0.25, 0.3) is 0 Å². The van der Waals surface area contributed by atoms with Crippen molar-refractivity contribution < 1.29 is 4.74 Å². The molecule has 0 radical (unpaired) electrons. The second kappa shape index (κ2) is 5.85. The molecule has 1 heterocycles. The van der Waals surface area contributed by atoms with E-state index in [0.717, 1.165) is 29.5 Å². The summed E-state index contributed by atoms with van der Waals surface area (Å²) >= 11 is 3.54. The predicted octanol–water partition coefficient (Wildman–Crippen LogP) is 2.52. The lowest BCUT2D eigenvalue weighted by Gasteiger charge is -2.34. The fourth-order valence-corrected chi connectivity index (χ4v) is 2.83. The Morgan fingerprint density at radius 3 is 3.00 bits per heavy atom. The van der Waals surface area contributed by atoms with E-state index >= 15 is 0 Å². The van der Waals surface area contributed by atoms with Crippen molar-refractivity contribution in [1.82, 2.24) is 0 Å². The Kier molecular flexibility index (Phi) is 4.42. The number of anilines is 1. The summed E-state index contributed by atoms with van der Waals surface area (Å²) in [6.45, 7) is 2.64. The standard InChI is InChI=1S/C13H19BrN2O/c1-17-13-3-2-4-16(9-13)12-6-10(8-15)5-11(14)7-12/h5-7,13H,2-4,8-9,15H2,1H3. The summed E-state index contributed by atoms with van der Waals surface area (Å²) in [7, 11) is 1.79. The highest BCUT2D eigenvalue weighted by Gasteiger charge is 2.19. The third-order valence-electron chi connectivity index (χ3n) is 3.25. The van der Waals surface area contributed by atoms with Crippen LogP contribution in [-0.2, 0) is 11.3 Å². The van der Waals surface area contributed by atoms with Gasteiger partial charge < -0.3 is 15.4 Å². The van der Waals surface area contributed by atoms with Gasteiger partial charge in [0.1, 0.15) is 0 Å². The van der Waals surface area contributed by atoms with E-state index in [2.05, 4.69) is 39.0 Å². The first-order chi connectivity index (χ1) is 8.22. The van der Waals surface area contributed by atoms with Crippen molar-refractivity contribution in [2.75, 3.05) is 25.1 Å². The molecule has 1 aromatic carbocycles. The summed E-state index contributed by atoms with van der Waals surface area (Å²) < 4.78 is 6.54. The average Bonchev–Trinajstić information content (AvgIpc) is 2.38. The molecule has 1 unspecified atom stereocenters. The van der Waals surface area contributed by atoms with Gasteiger partial charge in [-0.2, -0.15) is 0 Å². The van der Waals surface area contributed by atoms with Crippen LogP contribution in [0.5, 0.6) is 0 Å². The summed E-state index contributed by atoms with van der Waals surface area (Å²) in [4.78, 5) is 2.38. The molecular weight excluding hydrogens is 280 g/mol. The third-order valence-corrected chi connectivity index (χ3v) is 3.71. The minimum absolute atomic E-state index is 0.351. The van der Waals surface area contributed by atoms with Gasteiger partial charge in [0, 0.05) is 36.9 Å². The van der Waals surface area contributed by atoms with Crippen molar-refractivity contribution in [1.29, 1.82) is 0 Å². The molecule has 17 heavy (non-hydrogen) atoms. The zero-order chi connectivity index (χ0) is 12.3. The largest absolute Gasteiger partial charge is 0.380 e. The molecule has 2 N–H and O–H groups in total. The minimum atomic E-state index is 0.351. The molecule has 0 bridgehead atoms. The Morgan fingerprint density at radius 2 is 2.29 bits per heavy atom. The van der Waals surface area contributed by atoms with E-state index in [1.54, 1.807) is 7.11 Å². The monoisotopic (exact) mass is 298 g/mol. The minimum Gasteiger partial charge on any atom is -0.380 e. The zero-order valence-corrected chi connectivity index (χ0v) is 11.7. The van der Waals surface area contributed by atoms with Crippen LogP contribution in [-0.4, -0.2) is 26.3 Å². The van der Waals surface area contributed by atoms with Crippen molar-refractivity contribution in [2.24, 2.45) is 5.73 Å². The molecule has 1 aliphatic heterocycles. The lowest BCUT2D eigenvalue weighted by Crippen LogP contribution is -2.39. The van der Waals surface area contributed by atoms with E-state index in [0.29, 0.717) is 12.6 Å². The molecule has 1 aromatic rings. The normalized spacial score (nSPS) is 20.6. The maximum Gasteiger partial charge on any atom is 0.0746 e. The van der Waals surface area contributed by atoms with Crippen molar-refractivity contribution >= 4 is 21.6 Å². The van der Waals surface area contributed by atoms with Crippen molar-refractivity contribution in [3.63, 3.8) is 0 Å². The molecule has 1 atom stereocenters. The van der Waals surface area contributed by atoms with Crippen molar-refractivity contribution in [3.05, 3.63) is 28.2 Å². The van der Waals surface area contributed by atoms with Crippen molar-refractivity contribution in [2.45, 2.75) is 25.5 Å². The fourth-order valence-electron chi connectivity index (χ4n) is 2.30. The van der Waals surface area contributed by atoms with Gasteiger partial charge in [-0.05, 0) is 36.6 Å². The molecule has 94 valence electrons. The Morgan fingerprint density at radius 1 is 1.47 bits per heavy atom. The van der Waals surface area contributed by atoms with Crippen LogP contribution in [0, 0.1) is 0 Å². The maximum absolute atomic E-state index is 5.71. The highest BCUT2D eigenvalue weighted by molar-refractivity contribution is 9.10. The highest BCUT2D eigenvalue weighted by Crippen LogP contribution is 2.26. The quantitative estimate of drug-likeness (QED) is 0.932. The highest BCUT2D eigenvalue weighted by atomic mass is 79.9. The smallest absolute Gasteiger partial charge is 0.0746 e. The fraction of sp³-hybridized carbons (Fsp3) is 0.538. The van der Waals surface area contributed by atoms with Crippen LogP contribution in [0.4, 0.5) is 5.69 Å². The molecule has 0 aliphatic carbocycles. The number of ether oxygens (including phenoxy) is 1. The number of halogens is 1. The molecule has 1 aliphatic rings. The lowest BCUT2D eigenvalue weighted by molar-refractivity contribution is 0.0893. The van der Waals surface area contributed by atoms with Crippen LogP contribution in [0.1, 0.15) is 18.4 Å². The van der Waals surface area contributed by atoms with Crippen LogP contribution >= 0.6 is 15.9 Å². The summed E-state index contributed by atoms with van der Waals surface area (Å²) in [5.74, 6) is 0. The van der Waals surface area contributed by atoms with Gasteiger partial charge >= 0.3 is 0 Å². The Bertz CT molecular complexity index is 384. The Labute approximate surface area is 111 Å². The van der Waals surface area contributed by atoms with Gasteiger partial charge in [0.05, 0.1) is 6.10 Å². The molecule has 1 saturated heterocycles. The number of benzene rings is 1. The Balaban J connectivity index is 2.18. The van der Waals surface area contributed by atoms with Gasteiger partial charge in [-0.15, -0.1) is 0 Å². The number of nitrogens with zero attached hydrogens (tertiary/aromatic N) is 1. The number of rotatable bonds is 3. The first kappa shape index (κ1) is 12.9. The second-order valence-corrected chi connectivity index (χ2v) is 5.38. The summed E-state index contributed by atoms with van der Waals surface area (Å²) in [5.41, 5.74) is 8.11. The van der Waals surface area contributed by atoms with E-state index in [-0.39, 0.29) is 0 Å². The number of hydrogen-bond donors (Lipinski definition) is 1. The number of hydrogen-bond acceptors (Lipinski definition) is 3. The molecule has 0 amide bonds. The summed E-state index contributed by atoms with van der Waals surface area (Å²) in [6, 6.07) is 6.39. The molecule has 4 heteroatoms. The average molecular weight is 299 g/mol. The van der Waals surface area contributed by atoms with E-state index < -0.39 is 0 Å². The molecule has 2 rings (SSSR count). The van der Waals surface area contributed by atoms with E-state index in [1.807, 2.05) is 0 Å². The van der Waals surface area contributed by atoms with Gasteiger partial charge in [-0.25, -0.2) is 0 Å². The van der Waals surface area contributed by atoms with Crippen LogP contribution < -0.4 is 10.6 Å². The van der Waals surface area contributed by atoms with E-state index in [1.165, 1.54) is 12.1 Å². The van der Waals surface area contributed by atoms with Gasteiger partial charge in [-0.3, -0.25) is 0 Å². The maximum atomic E-state index is 5.71. The van der Waals surface area contributed by atoms with Crippen LogP contribution in [0.25, 0.3) is 0 Å². The molecule has 0 saturated carbocycles. The van der Waals surface area contributed by atoms with Gasteiger partial charge in [0.15, 0.2) is 0 Å². The lowest BCUT2D eigenvalue weighted by atomic mass is 10.1. The molecule has 1 fully saturated rings. The van der Waals surface area contributed by atoms with E-state index in [4.69, 9.17) is 10.5 Å². The predicted molar refractivity (Wildman–Crippen MR) is 74.3 cm³/mol. The number of piperidine rings is 1. The first-order valence-corrected chi connectivity index (χ1v) is 6.79. The zero-order valence-electron chi connectivity index (χ0n) is 10.2. The molecule has 0 aromatic heterocycles. The SMILES string of the molecule is COC1CCCN(c2cc(Br)cc(CN)c2)C1. The van der Waals surface area contributed by atoms with E-state index in [9.17, 15) is 0 Å². The Hall–Kier alpha value is -0.580. The first-order valence-electron chi connectivity index (χ1n) is 6.00. The van der Waals surface area contributed by atoms with Gasteiger partial charge in [-0.1, -0.05) is 15.9 Å². The molecular formula is C13H19BrN2O. The van der Waals surface area contributed by atoms with Crippen LogP contribution in [0.2, 0.25) is 0 Å². The van der Waals surface area contributed by atoms with Gasteiger partial charge in [0.2, 0.25) is 0 Å². The summed E-state index contributed by atoms with van der Waals surface area (Å²) in [5, 5.41) is 0. The second-order valence-electron chi connectivity index (χ2n) is 4.47. The number of nitrogens with two attached hydrogens (primary N) is 1. The van der Waals surface area contributed by atoms with Crippen molar-refractivity contribution in [3.8, 4) is 0 Å². The number of methoxy groups -OCH3 is 1. The third kappa shape index (κ3) is 3.21.